The minimum absolute atomic E-state index is 0.0597. The van der Waals surface area contributed by atoms with Crippen molar-refractivity contribution in [2.75, 3.05) is 5.32 Å². The third-order valence-electron chi connectivity index (χ3n) is 4.96. The van der Waals surface area contributed by atoms with E-state index in [1.54, 1.807) is 6.07 Å². The van der Waals surface area contributed by atoms with Crippen LogP contribution in [0.3, 0.4) is 0 Å². The van der Waals surface area contributed by atoms with Crippen molar-refractivity contribution in [2.24, 2.45) is 5.41 Å². The summed E-state index contributed by atoms with van der Waals surface area (Å²) in [6, 6.07) is 2.97. The molecule has 8 heteroatoms. The Morgan fingerprint density at radius 1 is 1.15 bits per heavy atom. The summed E-state index contributed by atoms with van der Waals surface area (Å²) in [6.07, 6.45) is 1.00. The molecule has 0 spiro atoms. The highest BCUT2D eigenvalue weighted by atomic mass is 35.5. The van der Waals surface area contributed by atoms with Crippen molar-refractivity contribution >= 4 is 34.8 Å². The summed E-state index contributed by atoms with van der Waals surface area (Å²) in [5, 5.41) is 19.5. The second-order valence-electron chi connectivity index (χ2n) is 7.58. The fraction of sp³-hybridized carbons (Fsp3) is 0.333. The maximum atomic E-state index is 13.0. The van der Waals surface area contributed by atoms with E-state index in [1.165, 1.54) is 6.07 Å². The van der Waals surface area contributed by atoms with Gasteiger partial charge in [0.15, 0.2) is 5.78 Å². The number of phenols is 1. The number of carbonyl (C=O) groups excluding carboxylic acids is 1. The van der Waals surface area contributed by atoms with Gasteiger partial charge in [-0.25, -0.2) is 0 Å². The second-order valence-corrected chi connectivity index (χ2v) is 8.43. The molecule has 2 aromatic rings. The first kappa shape index (κ1) is 17.2. The maximum Gasteiger partial charge on any atom is 0.270 e. The number of anilines is 1. The fourth-order valence-corrected chi connectivity index (χ4v) is 4.44. The molecule has 6 nitrogen and oxygen atoms in total. The smallest absolute Gasteiger partial charge is 0.270 e. The van der Waals surface area contributed by atoms with Crippen LogP contribution in [0.15, 0.2) is 28.2 Å². The van der Waals surface area contributed by atoms with Gasteiger partial charge in [-0.15, -0.1) is 0 Å². The molecular formula is C18H17Cl2N3O3. The topological polar surface area (TPSA) is 98.0 Å². The number of hydrogen-bond donors (Lipinski definition) is 4. The first-order chi connectivity index (χ1) is 12.2. The SMILES string of the molecule is CC1(C)CC(=O)C2=C(C1)Nc1[nH][nH]c(=O)c1C2c1cc(Cl)cc(Cl)c1O. The van der Waals surface area contributed by atoms with Crippen molar-refractivity contribution in [2.45, 2.75) is 32.6 Å². The lowest BCUT2D eigenvalue weighted by atomic mass is 9.69. The molecule has 0 fully saturated rings. The van der Waals surface area contributed by atoms with E-state index in [9.17, 15) is 14.7 Å². The Balaban J connectivity index is 2.02. The Kier molecular flexibility index (Phi) is 3.75. The Morgan fingerprint density at radius 2 is 1.88 bits per heavy atom. The van der Waals surface area contributed by atoms with Gasteiger partial charge in [0.2, 0.25) is 0 Å². The number of hydrogen-bond acceptors (Lipinski definition) is 4. The Bertz CT molecular complexity index is 1030. The number of fused-ring (bicyclic) bond motifs is 1. The molecular weight excluding hydrogens is 377 g/mol. The molecule has 4 rings (SSSR count). The maximum absolute atomic E-state index is 13.0. The van der Waals surface area contributed by atoms with Crippen molar-refractivity contribution < 1.29 is 9.90 Å². The lowest BCUT2D eigenvalue weighted by molar-refractivity contribution is -0.118. The van der Waals surface area contributed by atoms with Crippen molar-refractivity contribution in [3.63, 3.8) is 0 Å². The van der Waals surface area contributed by atoms with E-state index in [0.717, 1.165) is 5.70 Å². The molecule has 136 valence electrons. The Labute approximate surface area is 159 Å². The molecule has 1 aliphatic carbocycles. The summed E-state index contributed by atoms with van der Waals surface area (Å²) in [4.78, 5) is 25.4. The van der Waals surface area contributed by atoms with Crippen LogP contribution in [0.5, 0.6) is 5.75 Å². The number of aromatic hydroxyl groups is 1. The molecule has 2 aliphatic rings. The lowest BCUT2D eigenvalue weighted by Gasteiger charge is -2.38. The van der Waals surface area contributed by atoms with E-state index in [-0.39, 0.29) is 27.5 Å². The number of nitrogens with one attached hydrogen (secondary N) is 3. The van der Waals surface area contributed by atoms with Crippen LogP contribution in [0, 0.1) is 5.41 Å². The average Bonchev–Trinajstić information content (AvgIpc) is 2.89. The number of carbonyl (C=O) groups is 1. The van der Waals surface area contributed by atoms with Gasteiger partial charge >= 0.3 is 0 Å². The van der Waals surface area contributed by atoms with E-state index < -0.39 is 5.92 Å². The van der Waals surface area contributed by atoms with Crippen LogP contribution in [0.2, 0.25) is 10.0 Å². The number of rotatable bonds is 1. The molecule has 1 atom stereocenters. The molecule has 2 heterocycles. The first-order valence-corrected chi connectivity index (χ1v) is 8.95. The highest BCUT2D eigenvalue weighted by molar-refractivity contribution is 6.35. The van der Waals surface area contributed by atoms with Crippen LogP contribution in [0.1, 0.15) is 43.7 Å². The standard InChI is InChI=1S/C18H17Cl2N3O3/c1-18(2)5-10-13(11(24)6-18)12(14-16(21-10)22-23-17(14)26)8-3-7(19)4-9(20)15(8)25/h3-4,12,25H,5-6H2,1-2H3,(H3,21,22,23,26). The predicted octanol–water partition coefficient (Wildman–Crippen LogP) is 3.92. The molecule has 4 N–H and O–H groups in total. The molecule has 0 saturated carbocycles. The average molecular weight is 394 g/mol. The van der Waals surface area contributed by atoms with Crippen LogP contribution in [-0.2, 0) is 4.79 Å². The number of aromatic amines is 2. The molecule has 1 aromatic heterocycles. The zero-order valence-electron chi connectivity index (χ0n) is 14.2. The molecule has 1 unspecified atom stereocenters. The summed E-state index contributed by atoms with van der Waals surface area (Å²) in [7, 11) is 0. The van der Waals surface area contributed by atoms with Gasteiger partial charge in [-0.05, 0) is 24.0 Å². The van der Waals surface area contributed by atoms with Crippen LogP contribution >= 0.6 is 23.2 Å². The summed E-state index contributed by atoms with van der Waals surface area (Å²) >= 11 is 12.2. The molecule has 26 heavy (non-hydrogen) atoms. The number of ketones is 1. The first-order valence-electron chi connectivity index (χ1n) is 8.19. The summed E-state index contributed by atoms with van der Waals surface area (Å²) in [5.41, 5.74) is 1.35. The quantitative estimate of drug-likeness (QED) is 0.589. The molecule has 0 saturated heterocycles. The third-order valence-corrected chi connectivity index (χ3v) is 5.46. The summed E-state index contributed by atoms with van der Waals surface area (Å²) < 4.78 is 0. The number of halogens is 2. The molecule has 1 aliphatic heterocycles. The zero-order chi connectivity index (χ0) is 18.8. The van der Waals surface area contributed by atoms with Crippen LogP contribution < -0.4 is 10.9 Å². The summed E-state index contributed by atoms with van der Waals surface area (Å²) in [5.74, 6) is -0.495. The molecule has 0 amide bonds. The van der Waals surface area contributed by atoms with Gasteiger partial charge in [0.05, 0.1) is 16.5 Å². The van der Waals surface area contributed by atoms with E-state index in [0.29, 0.717) is 40.4 Å². The van der Waals surface area contributed by atoms with Crippen LogP contribution in [-0.4, -0.2) is 21.1 Å². The van der Waals surface area contributed by atoms with Gasteiger partial charge in [-0.3, -0.25) is 19.8 Å². The van der Waals surface area contributed by atoms with Gasteiger partial charge in [-0.1, -0.05) is 37.0 Å². The van der Waals surface area contributed by atoms with Gasteiger partial charge in [-0.2, -0.15) is 0 Å². The minimum Gasteiger partial charge on any atom is -0.506 e. The highest BCUT2D eigenvalue weighted by Crippen LogP contribution is 2.50. The lowest BCUT2D eigenvalue weighted by Crippen LogP contribution is -2.35. The normalized spacial score (nSPS) is 21.2. The Hall–Kier alpha value is -2.18. The van der Waals surface area contributed by atoms with E-state index in [1.807, 2.05) is 13.8 Å². The minimum atomic E-state index is -0.740. The number of benzene rings is 1. The number of allylic oxidation sites excluding steroid dienone is 2. The highest BCUT2D eigenvalue weighted by Gasteiger charge is 2.43. The number of aromatic nitrogens is 2. The Morgan fingerprint density at radius 3 is 2.62 bits per heavy atom. The largest absolute Gasteiger partial charge is 0.506 e. The van der Waals surface area contributed by atoms with Crippen molar-refractivity contribution in [1.29, 1.82) is 0 Å². The molecule has 0 radical (unpaired) electrons. The number of H-pyrrole nitrogens is 2. The summed E-state index contributed by atoms with van der Waals surface area (Å²) in [6.45, 7) is 4.04. The zero-order valence-corrected chi connectivity index (χ0v) is 15.7. The van der Waals surface area contributed by atoms with E-state index in [4.69, 9.17) is 23.2 Å². The number of Topliss-reactive ketones (excluding diaryl/α,β-unsaturated/α-hetero) is 1. The van der Waals surface area contributed by atoms with Gasteiger partial charge in [0.1, 0.15) is 11.6 Å². The monoisotopic (exact) mass is 393 g/mol. The van der Waals surface area contributed by atoms with E-state index >= 15 is 0 Å². The third kappa shape index (κ3) is 2.56. The van der Waals surface area contributed by atoms with Crippen LogP contribution in [0.4, 0.5) is 5.82 Å². The van der Waals surface area contributed by atoms with Crippen molar-refractivity contribution in [3.8, 4) is 5.75 Å². The predicted molar refractivity (Wildman–Crippen MR) is 100 cm³/mol. The van der Waals surface area contributed by atoms with Gasteiger partial charge < -0.3 is 10.4 Å². The molecule has 1 aromatic carbocycles. The van der Waals surface area contributed by atoms with Gasteiger partial charge in [0.25, 0.3) is 5.56 Å². The van der Waals surface area contributed by atoms with Crippen molar-refractivity contribution in [3.05, 3.63) is 54.9 Å². The number of phenolic OH excluding ortho intramolecular Hbond substituents is 1. The van der Waals surface area contributed by atoms with Crippen LogP contribution in [0.25, 0.3) is 0 Å². The fourth-order valence-electron chi connectivity index (χ4n) is 3.93. The molecule has 0 bridgehead atoms. The van der Waals surface area contributed by atoms with Gasteiger partial charge in [0, 0.05) is 28.3 Å². The van der Waals surface area contributed by atoms with Crippen molar-refractivity contribution in [1.82, 2.24) is 10.2 Å². The second kappa shape index (κ2) is 5.66. The van der Waals surface area contributed by atoms with E-state index in [2.05, 4.69) is 15.5 Å².